The Morgan fingerprint density at radius 1 is 1.14 bits per heavy atom. The van der Waals surface area contributed by atoms with Crippen LogP contribution >= 0.6 is 11.6 Å². The lowest BCUT2D eigenvalue weighted by Crippen LogP contribution is -2.27. The van der Waals surface area contributed by atoms with Crippen molar-refractivity contribution in [2.75, 3.05) is 19.0 Å². The number of pyridine rings is 1. The van der Waals surface area contributed by atoms with Gasteiger partial charge in [0.15, 0.2) is 17.5 Å². The lowest BCUT2D eigenvalue weighted by Gasteiger charge is -2.22. The molecule has 7 nitrogen and oxygen atoms in total. The number of halogens is 4. The highest BCUT2D eigenvalue weighted by atomic mass is 35.5. The summed E-state index contributed by atoms with van der Waals surface area (Å²) in [6.07, 6.45) is 5.20. The third-order valence-electron chi connectivity index (χ3n) is 5.82. The largest absolute Gasteiger partial charge is 0.494 e. The maximum Gasteiger partial charge on any atom is 0.274 e. The minimum atomic E-state index is -1.60. The van der Waals surface area contributed by atoms with Gasteiger partial charge in [0.2, 0.25) is 0 Å². The average molecular weight is 533 g/mol. The van der Waals surface area contributed by atoms with E-state index in [4.69, 9.17) is 16.3 Å². The van der Waals surface area contributed by atoms with E-state index in [-0.39, 0.29) is 35.7 Å². The van der Waals surface area contributed by atoms with Gasteiger partial charge in [-0.05, 0) is 55.7 Å². The average Bonchev–Trinajstić information content (AvgIpc) is 3.31. The number of aromatic nitrogens is 3. The zero-order chi connectivity index (χ0) is 26.7. The van der Waals surface area contributed by atoms with Gasteiger partial charge in [0.05, 0.1) is 35.9 Å². The van der Waals surface area contributed by atoms with Crippen LogP contribution in [0, 0.1) is 24.4 Å². The van der Waals surface area contributed by atoms with E-state index in [2.05, 4.69) is 10.3 Å². The van der Waals surface area contributed by atoms with Crippen molar-refractivity contribution >= 4 is 23.0 Å². The lowest BCUT2D eigenvalue weighted by atomic mass is 10.0. The Balaban J connectivity index is 1.74. The summed E-state index contributed by atoms with van der Waals surface area (Å²) in [4.78, 5) is 17.7. The molecule has 2 aromatic carbocycles. The molecule has 0 bridgehead atoms. The van der Waals surface area contributed by atoms with Crippen molar-refractivity contribution in [3.63, 3.8) is 0 Å². The minimum absolute atomic E-state index is 0.0295. The summed E-state index contributed by atoms with van der Waals surface area (Å²) in [7, 11) is 1.52. The maximum atomic E-state index is 14.0. The Morgan fingerprint density at radius 2 is 1.86 bits per heavy atom. The first-order chi connectivity index (χ1) is 17.7. The van der Waals surface area contributed by atoms with Crippen LogP contribution in [-0.4, -0.2) is 32.9 Å². The molecule has 11 heteroatoms. The first kappa shape index (κ1) is 26.3. The molecule has 2 aromatic heterocycles. The van der Waals surface area contributed by atoms with Gasteiger partial charge in [-0.1, -0.05) is 11.6 Å². The van der Waals surface area contributed by atoms with Gasteiger partial charge >= 0.3 is 0 Å². The summed E-state index contributed by atoms with van der Waals surface area (Å²) in [5.41, 5.74) is 1.68. The molecule has 0 radical (unpaired) electrons. The Labute approximate surface area is 215 Å². The zero-order valence-electron chi connectivity index (χ0n) is 20.0. The molecule has 4 rings (SSSR count). The summed E-state index contributed by atoms with van der Waals surface area (Å²) < 4.78 is 50.1. The van der Waals surface area contributed by atoms with Crippen LogP contribution in [0.15, 0.2) is 59.9 Å². The number of aliphatic hydroxyl groups is 1. The molecular formula is C26H24ClF3N4O3. The number of rotatable bonds is 9. The number of hydrogen-bond acceptors (Lipinski definition) is 5. The van der Waals surface area contributed by atoms with Gasteiger partial charge in [-0.2, -0.15) is 0 Å². The number of nitrogens with one attached hydrogen (secondary N) is 1. The third-order valence-corrected chi connectivity index (χ3v) is 6.03. The van der Waals surface area contributed by atoms with E-state index in [1.807, 2.05) is 13.1 Å². The van der Waals surface area contributed by atoms with Crippen LogP contribution in [0.3, 0.4) is 0 Å². The van der Waals surface area contributed by atoms with Gasteiger partial charge < -0.3 is 24.3 Å². The molecule has 0 saturated carbocycles. The highest BCUT2D eigenvalue weighted by Crippen LogP contribution is 2.30. The molecule has 0 saturated heterocycles. The smallest absolute Gasteiger partial charge is 0.274 e. The van der Waals surface area contributed by atoms with E-state index in [0.717, 1.165) is 23.5 Å². The Kier molecular flexibility index (Phi) is 7.89. The van der Waals surface area contributed by atoms with E-state index in [1.54, 1.807) is 29.1 Å². The molecule has 0 spiro atoms. The summed E-state index contributed by atoms with van der Waals surface area (Å²) in [6.45, 7) is 1.65. The van der Waals surface area contributed by atoms with Gasteiger partial charge in [-0.15, -0.1) is 0 Å². The van der Waals surface area contributed by atoms with Crippen LogP contribution in [0.4, 0.5) is 24.5 Å². The Morgan fingerprint density at radius 3 is 2.49 bits per heavy atom. The van der Waals surface area contributed by atoms with Crippen LogP contribution in [0.1, 0.15) is 30.1 Å². The first-order valence-electron chi connectivity index (χ1n) is 11.3. The zero-order valence-corrected chi connectivity index (χ0v) is 20.8. The summed E-state index contributed by atoms with van der Waals surface area (Å²) in [5.74, 6) is -3.84. The predicted molar refractivity (Wildman–Crippen MR) is 135 cm³/mol. The fourth-order valence-corrected chi connectivity index (χ4v) is 4.30. The number of methoxy groups -OCH3 is 1. The highest BCUT2D eigenvalue weighted by molar-refractivity contribution is 6.30. The summed E-state index contributed by atoms with van der Waals surface area (Å²) in [6, 6.07) is 7.42. The molecule has 37 heavy (non-hydrogen) atoms. The van der Waals surface area contributed by atoms with Crippen LogP contribution in [0.25, 0.3) is 5.69 Å². The normalized spacial score (nSPS) is 12.0. The van der Waals surface area contributed by atoms with Gasteiger partial charge in [0.1, 0.15) is 11.4 Å². The van der Waals surface area contributed by atoms with Crippen LogP contribution < -0.4 is 15.6 Å². The third kappa shape index (κ3) is 5.65. The van der Waals surface area contributed by atoms with E-state index >= 15 is 0 Å². The van der Waals surface area contributed by atoms with Gasteiger partial charge in [-0.3, -0.25) is 4.79 Å². The summed E-state index contributed by atoms with van der Waals surface area (Å²) >= 11 is 6.32. The molecule has 0 amide bonds. The number of ether oxygens (including phenoxy) is 1. The van der Waals surface area contributed by atoms with Crippen molar-refractivity contribution in [3.8, 4) is 11.4 Å². The predicted octanol–water partition coefficient (Wildman–Crippen LogP) is 5.53. The molecule has 0 aliphatic heterocycles. The first-order valence-corrected chi connectivity index (χ1v) is 11.7. The molecule has 1 atom stereocenters. The van der Waals surface area contributed by atoms with Gasteiger partial charge in [0.25, 0.3) is 5.56 Å². The van der Waals surface area contributed by atoms with Crippen LogP contribution in [0.2, 0.25) is 5.02 Å². The Hall–Kier alpha value is -3.76. The fraction of sp³-hybridized carbons (Fsp3) is 0.231. The molecule has 4 aromatic rings. The van der Waals surface area contributed by atoms with Gasteiger partial charge in [-0.25, -0.2) is 18.2 Å². The van der Waals surface area contributed by atoms with E-state index in [0.29, 0.717) is 11.4 Å². The number of hydrogen-bond donors (Lipinski definition) is 2. The SMILES string of the molecule is COc1cc(Nc2cc(Cl)cn([C@@H](CCCO)c3cc(F)c(F)c(F)c3)c2=O)ccc1-n1cnc(C)c1. The lowest BCUT2D eigenvalue weighted by molar-refractivity contribution is 0.275. The monoisotopic (exact) mass is 532 g/mol. The van der Waals surface area contributed by atoms with Crippen molar-refractivity contribution in [2.45, 2.75) is 25.8 Å². The van der Waals surface area contributed by atoms with Crippen LogP contribution in [0.5, 0.6) is 5.75 Å². The Bertz CT molecular complexity index is 1470. The molecule has 0 unspecified atom stereocenters. The molecule has 2 N–H and O–H groups in total. The van der Waals surface area contributed by atoms with E-state index in [9.17, 15) is 23.1 Å². The molecule has 194 valence electrons. The second-order valence-electron chi connectivity index (χ2n) is 8.40. The van der Waals surface area contributed by atoms with Crippen molar-refractivity contribution in [2.24, 2.45) is 0 Å². The van der Waals surface area contributed by atoms with E-state index in [1.165, 1.54) is 23.9 Å². The molecular weight excluding hydrogens is 509 g/mol. The maximum absolute atomic E-state index is 14.0. The summed E-state index contributed by atoms with van der Waals surface area (Å²) in [5, 5.41) is 12.5. The van der Waals surface area contributed by atoms with E-state index < -0.39 is 29.1 Å². The second kappa shape index (κ2) is 11.1. The standard InChI is InChI=1S/C26H24ClF3N4O3/c1-15-12-33(14-31-15)23-6-5-18(11-24(23)37-2)32-21-10-17(27)13-34(26(21)36)22(4-3-7-35)16-8-19(28)25(30)20(29)9-16/h5-6,8-14,22,32,35H,3-4,7H2,1-2H3/t22-/m0/s1. The number of benzene rings is 2. The van der Waals surface area contributed by atoms with Crippen molar-refractivity contribution in [1.82, 2.24) is 14.1 Å². The molecule has 0 aliphatic rings. The van der Waals surface area contributed by atoms with Crippen LogP contribution in [-0.2, 0) is 0 Å². The number of imidazole rings is 1. The number of nitrogens with zero attached hydrogens (tertiary/aromatic N) is 3. The quantitative estimate of drug-likeness (QED) is 0.277. The van der Waals surface area contributed by atoms with Crippen molar-refractivity contribution in [1.29, 1.82) is 0 Å². The fourth-order valence-electron chi connectivity index (χ4n) is 4.08. The second-order valence-corrected chi connectivity index (χ2v) is 8.83. The highest BCUT2D eigenvalue weighted by Gasteiger charge is 2.22. The number of aryl methyl sites for hydroxylation is 1. The minimum Gasteiger partial charge on any atom is -0.494 e. The van der Waals surface area contributed by atoms with Crippen molar-refractivity contribution in [3.05, 3.63) is 99.2 Å². The number of anilines is 2. The molecule has 0 fully saturated rings. The van der Waals surface area contributed by atoms with Crippen molar-refractivity contribution < 1.29 is 23.0 Å². The molecule has 2 heterocycles. The van der Waals surface area contributed by atoms with Gasteiger partial charge in [0, 0.05) is 30.8 Å². The topological polar surface area (TPSA) is 81.3 Å². The molecule has 0 aliphatic carbocycles. The number of aliphatic hydroxyl groups excluding tert-OH is 1.